The summed E-state index contributed by atoms with van der Waals surface area (Å²) in [5, 5.41) is 3.02. The third-order valence-electron chi connectivity index (χ3n) is 6.89. The molecule has 3 heterocycles. The van der Waals surface area contributed by atoms with Crippen molar-refractivity contribution >= 4 is 29.1 Å². The van der Waals surface area contributed by atoms with Crippen molar-refractivity contribution in [2.45, 2.75) is 38.1 Å². The maximum atomic E-state index is 13.6. The average molecular weight is 437 g/mol. The predicted molar refractivity (Wildman–Crippen MR) is 120 cm³/mol. The van der Waals surface area contributed by atoms with Crippen LogP contribution < -0.4 is 10.2 Å². The highest BCUT2D eigenvalue weighted by atomic mass is 16.3. The quantitative estimate of drug-likeness (QED) is 0.800. The minimum absolute atomic E-state index is 0.0596. The summed E-state index contributed by atoms with van der Waals surface area (Å²) >= 11 is 0. The number of furan rings is 1. The van der Waals surface area contributed by atoms with E-state index in [0.717, 1.165) is 18.5 Å². The van der Waals surface area contributed by atoms with Crippen molar-refractivity contribution in [2.24, 2.45) is 0 Å². The average Bonchev–Trinajstić information content (AvgIpc) is 3.45. The summed E-state index contributed by atoms with van der Waals surface area (Å²) in [4.78, 5) is 44.9. The standard InChI is InChI=1S/C24H28N4O4/c1-17-8-9-20(32-17)22(30)27-14-12-26(13-15-27)16-21(29)28-19-7-3-2-6-18(19)25-23(31)24(28)10-4-5-11-24/h2-3,6-9H,4-5,10-16H2,1H3,(H,25,31). The molecular weight excluding hydrogens is 408 g/mol. The molecule has 2 fully saturated rings. The zero-order valence-corrected chi connectivity index (χ0v) is 18.3. The number of carbonyl (C=O) groups excluding carboxylic acids is 3. The summed E-state index contributed by atoms with van der Waals surface area (Å²) < 4.78 is 5.46. The van der Waals surface area contributed by atoms with Crippen LogP contribution in [0, 0.1) is 6.92 Å². The van der Waals surface area contributed by atoms with E-state index in [4.69, 9.17) is 4.42 Å². The predicted octanol–water partition coefficient (Wildman–Crippen LogP) is 2.64. The highest BCUT2D eigenvalue weighted by molar-refractivity contribution is 6.15. The molecule has 1 N–H and O–H groups in total. The van der Waals surface area contributed by atoms with Crippen molar-refractivity contribution in [3.8, 4) is 0 Å². The van der Waals surface area contributed by atoms with Crippen LogP contribution in [0.2, 0.25) is 0 Å². The van der Waals surface area contributed by atoms with Gasteiger partial charge in [-0.25, -0.2) is 0 Å². The largest absolute Gasteiger partial charge is 0.456 e. The molecule has 8 heteroatoms. The molecule has 1 saturated heterocycles. The van der Waals surface area contributed by atoms with Gasteiger partial charge in [-0.15, -0.1) is 0 Å². The maximum absolute atomic E-state index is 13.6. The molecular formula is C24H28N4O4. The van der Waals surface area contributed by atoms with Crippen molar-refractivity contribution in [1.29, 1.82) is 0 Å². The summed E-state index contributed by atoms with van der Waals surface area (Å²) in [5.41, 5.74) is 0.675. The van der Waals surface area contributed by atoms with Gasteiger partial charge in [0.05, 0.1) is 17.9 Å². The number of hydrogen-bond acceptors (Lipinski definition) is 5. The normalized spacial score (nSPS) is 20.3. The highest BCUT2D eigenvalue weighted by Crippen LogP contribution is 2.45. The number of aryl methyl sites for hydroxylation is 1. The van der Waals surface area contributed by atoms with Crippen molar-refractivity contribution < 1.29 is 18.8 Å². The zero-order valence-electron chi connectivity index (χ0n) is 18.3. The molecule has 8 nitrogen and oxygen atoms in total. The van der Waals surface area contributed by atoms with E-state index in [1.165, 1.54) is 0 Å². The number of para-hydroxylation sites is 2. The fourth-order valence-electron chi connectivity index (χ4n) is 5.21. The molecule has 32 heavy (non-hydrogen) atoms. The van der Waals surface area contributed by atoms with Gasteiger partial charge in [0, 0.05) is 26.2 Å². The van der Waals surface area contributed by atoms with Gasteiger partial charge in [-0.3, -0.25) is 24.2 Å². The molecule has 1 aromatic carbocycles. The van der Waals surface area contributed by atoms with Gasteiger partial charge in [0.2, 0.25) is 5.91 Å². The number of rotatable bonds is 3. The first-order chi connectivity index (χ1) is 15.5. The molecule has 1 saturated carbocycles. The van der Waals surface area contributed by atoms with E-state index in [0.29, 0.717) is 56.2 Å². The molecule has 0 radical (unpaired) electrons. The molecule has 1 aromatic heterocycles. The number of anilines is 2. The molecule has 5 rings (SSSR count). The van der Waals surface area contributed by atoms with Crippen LogP contribution in [-0.2, 0) is 9.59 Å². The molecule has 2 aliphatic heterocycles. The Bertz CT molecular complexity index is 1050. The lowest BCUT2D eigenvalue weighted by atomic mass is 9.89. The van der Waals surface area contributed by atoms with E-state index < -0.39 is 5.54 Å². The van der Waals surface area contributed by atoms with E-state index in [-0.39, 0.29) is 24.3 Å². The number of nitrogens with one attached hydrogen (secondary N) is 1. The van der Waals surface area contributed by atoms with Crippen LogP contribution in [0.5, 0.6) is 0 Å². The molecule has 3 amide bonds. The SMILES string of the molecule is Cc1ccc(C(=O)N2CCN(CC(=O)N3c4ccccc4NC(=O)C34CCCC4)CC2)o1. The number of nitrogens with zero attached hydrogens (tertiary/aromatic N) is 3. The Morgan fingerprint density at radius 3 is 2.44 bits per heavy atom. The fraction of sp³-hybridized carbons (Fsp3) is 0.458. The van der Waals surface area contributed by atoms with Gasteiger partial charge < -0.3 is 14.6 Å². The van der Waals surface area contributed by atoms with Gasteiger partial charge in [-0.05, 0) is 44.0 Å². The number of fused-ring (bicyclic) bond motifs is 1. The van der Waals surface area contributed by atoms with Gasteiger partial charge in [0.1, 0.15) is 11.3 Å². The molecule has 1 spiro atoms. The van der Waals surface area contributed by atoms with Crippen molar-refractivity contribution in [3.63, 3.8) is 0 Å². The lowest BCUT2D eigenvalue weighted by Gasteiger charge is -2.45. The number of benzene rings is 1. The van der Waals surface area contributed by atoms with E-state index in [2.05, 4.69) is 10.2 Å². The molecule has 0 unspecified atom stereocenters. The number of amides is 3. The molecule has 1 aliphatic carbocycles. The summed E-state index contributed by atoms with van der Waals surface area (Å²) in [7, 11) is 0. The smallest absolute Gasteiger partial charge is 0.289 e. The monoisotopic (exact) mass is 436 g/mol. The zero-order chi connectivity index (χ0) is 22.3. The molecule has 2 aromatic rings. The summed E-state index contributed by atoms with van der Waals surface area (Å²) in [5.74, 6) is 0.813. The molecule has 0 bridgehead atoms. The first-order valence-corrected chi connectivity index (χ1v) is 11.3. The highest BCUT2D eigenvalue weighted by Gasteiger charge is 2.52. The van der Waals surface area contributed by atoms with Crippen LogP contribution in [-0.4, -0.2) is 65.8 Å². The first-order valence-electron chi connectivity index (χ1n) is 11.3. The third kappa shape index (κ3) is 3.48. The number of hydrogen-bond donors (Lipinski definition) is 1. The summed E-state index contributed by atoms with van der Waals surface area (Å²) in [6.45, 7) is 4.32. The van der Waals surface area contributed by atoms with E-state index in [1.807, 2.05) is 31.2 Å². The van der Waals surface area contributed by atoms with E-state index in [1.54, 1.807) is 21.9 Å². The minimum Gasteiger partial charge on any atom is -0.456 e. The van der Waals surface area contributed by atoms with Crippen molar-refractivity contribution in [2.75, 3.05) is 42.9 Å². The Morgan fingerprint density at radius 1 is 1.03 bits per heavy atom. The van der Waals surface area contributed by atoms with Crippen molar-refractivity contribution in [3.05, 3.63) is 47.9 Å². The first kappa shape index (κ1) is 20.8. The summed E-state index contributed by atoms with van der Waals surface area (Å²) in [6, 6.07) is 11.0. The molecule has 0 atom stereocenters. The Labute approximate surface area is 187 Å². The van der Waals surface area contributed by atoms with Crippen LogP contribution in [0.4, 0.5) is 11.4 Å². The second kappa shape index (κ2) is 8.09. The lowest BCUT2D eigenvalue weighted by Crippen LogP contribution is -2.62. The Kier molecular flexibility index (Phi) is 5.25. The Morgan fingerprint density at radius 2 is 1.75 bits per heavy atom. The fourth-order valence-corrected chi connectivity index (χ4v) is 5.21. The number of carbonyl (C=O) groups is 3. The second-order valence-corrected chi connectivity index (χ2v) is 8.92. The van der Waals surface area contributed by atoms with Crippen LogP contribution in [0.25, 0.3) is 0 Å². The van der Waals surface area contributed by atoms with Gasteiger partial charge in [0.25, 0.3) is 11.8 Å². The van der Waals surface area contributed by atoms with Crippen LogP contribution >= 0.6 is 0 Å². The Hall–Kier alpha value is -3.13. The summed E-state index contributed by atoms with van der Waals surface area (Å²) in [6.07, 6.45) is 3.24. The third-order valence-corrected chi connectivity index (χ3v) is 6.89. The van der Waals surface area contributed by atoms with Crippen LogP contribution in [0.1, 0.15) is 42.0 Å². The maximum Gasteiger partial charge on any atom is 0.289 e. The van der Waals surface area contributed by atoms with Crippen LogP contribution in [0.3, 0.4) is 0 Å². The topological polar surface area (TPSA) is 86.1 Å². The van der Waals surface area contributed by atoms with Crippen molar-refractivity contribution in [1.82, 2.24) is 9.80 Å². The molecule has 168 valence electrons. The minimum atomic E-state index is -0.791. The Balaban J connectivity index is 1.29. The number of piperazine rings is 1. The van der Waals surface area contributed by atoms with Gasteiger partial charge >= 0.3 is 0 Å². The van der Waals surface area contributed by atoms with Gasteiger partial charge in [0.15, 0.2) is 5.76 Å². The lowest BCUT2D eigenvalue weighted by molar-refractivity contribution is -0.128. The van der Waals surface area contributed by atoms with E-state index >= 15 is 0 Å². The van der Waals surface area contributed by atoms with Crippen LogP contribution in [0.15, 0.2) is 40.8 Å². The second-order valence-electron chi connectivity index (χ2n) is 8.92. The van der Waals surface area contributed by atoms with E-state index in [9.17, 15) is 14.4 Å². The molecule has 3 aliphatic rings. The van der Waals surface area contributed by atoms with Gasteiger partial charge in [-0.2, -0.15) is 0 Å². The van der Waals surface area contributed by atoms with Gasteiger partial charge in [-0.1, -0.05) is 25.0 Å².